The van der Waals surface area contributed by atoms with Crippen LogP contribution in [0.4, 0.5) is 4.39 Å². The molecule has 2 aromatic rings. The average Bonchev–Trinajstić information content (AvgIpc) is 2.73. The molecule has 1 aliphatic heterocycles. The van der Waals surface area contributed by atoms with Gasteiger partial charge in [0.05, 0.1) is 5.56 Å². The van der Waals surface area contributed by atoms with Crippen LogP contribution < -0.4 is 5.32 Å². The molecule has 146 valence electrons. The monoisotopic (exact) mass is 384 g/mol. The first-order chi connectivity index (χ1) is 13.4. The number of hydrogen-bond acceptors (Lipinski definition) is 3. The van der Waals surface area contributed by atoms with E-state index < -0.39 is 5.97 Å². The van der Waals surface area contributed by atoms with E-state index in [1.165, 1.54) is 36.4 Å². The lowest BCUT2D eigenvalue weighted by Crippen LogP contribution is -2.42. The summed E-state index contributed by atoms with van der Waals surface area (Å²) in [5, 5.41) is 11.8. The molecular weight excluding hydrogens is 363 g/mol. The van der Waals surface area contributed by atoms with Crippen molar-refractivity contribution in [2.24, 2.45) is 5.92 Å². The summed E-state index contributed by atoms with van der Waals surface area (Å²) in [6.45, 7) is 1.27. The smallest absolute Gasteiger partial charge is 0.335 e. The first-order valence-electron chi connectivity index (χ1n) is 9.09. The number of rotatable bonds is 5. The molecule has 0 aromatic heterocycles. The van der Waals surface area contributed by atoms with Gasteiger partial charge in [-0.05, 0) is 54.8 Å². The molecule has 1 fully saturated rings. The molecule has 0 aliphatic carbocycles. The van der Waals surface area contributed by atoms with Crippen molar-refractivity contribution in [1.29, 1.82) is 0 Å². The minimum absolute atomic E-state index is 0.0674. The van der Waals surface area contributed by atoms with Gasteiger partial charge in [-0.1, -0.05) is 12.1 Å². The van der Waals surface area contributed by atoms with Crippen LogP contribution in [0, 0.1) is 11.7 Å². The minimum atomic E-state index is -1.04. The molecule has 2 N–H and O–H groups in total. The van der Waals surface area contributed by atoms with E-state index in [2.05, 4.69) is 5.32 Å². The van der Waals surface area contributed by atoms with Crippen LogP contribution in [0.2, 0.25) is 0 Å². The van der Waals surface area contributed by atoms with Gasteiger partial charge in [-0.2, -0.15) is 0 Å². The molecule has 2 amide bonds. The van der Waals surface area contributed by atoms with Crippen molar-refractivity contribution >= 4 is 17.8 Å². The maximum atomic E-state index is 12.9. The lowest BCUT2D eigenvalue weighted by molar-refractivity contribution is -0.126. The normalized spacial score (nSPS) is 14.5. The Hall–Kier alpha value is -3.22. The number of carboxylic acids is 1. The van der Waals surface area contributed by atoms with Crippen molar-refractivity contribution in [2.45, 2.75) is 19.4 Å². The highest BCUT2D eigenvalue weighted by Gasteiger charge is 2.27. The largest absolute Gasteiger partial charge is 0.478 e. The van der Waals surface area contributed by atoms with Crippen molar-refractivity contribution < 1.29 is 23.9 Å². The Morgan fingerprint density at radius 3 is 2.11 bits per heavy atom. The highest BCUT2D eigenvalue weighted by atomic mass is 19.1. The Bertz CT molecular complexity index is 857. The lowest BCUT2D eigenvalue weighted by Gasteiger charge is -2.31. The van der Waals surface area contributed by atoms with E-state index in [0.29, 0.717) is 38.0 Å². The third-order valence-corrected chi connectivity index (χ3v) is 4.91. The van der Waals surface area contributed by atoms with Gasteiger partial charge in [0.1, 0.15) is 5.82 Å². The Labute approximate surface area is 162 Å². The van der Waals surface area contributed by atoms with Gasteiger partial charge in [-0.3, -0.25) is 9.59 Å². The number of carbonyl (C=O) groups is 3. The van der Waals surface area contributed by atoms with E-state index in [9.17, 15) is 18.8 Å². The number of aromatic carboxylic acids is 1. The second-order valence-electron chi connectivity index (χ2n) is 6.79. The van der Waals surface area contributed by atoms with E-state index in [0.717, 1.165) is 5.56 Å². The number of likely N-dealkylation sites (tertiary alicyclic amines) is 1. The van der Waals surface area contributed by atoms with Crippen molar-refractivity contribution in [1.82, 2.24) is 10.2 Å². The van der Waals surface area contributed by atoms with Crippen molar-refractivity contribution in [3.63, 3.8) is 0 Å². The summed E-state index contributed by atoms with van der Waals surface area (Å²) >= 11 is 0. The molecule has 0 spiro atoms. The van der Waals surface area contributed by atoms with E-state index in [-0.39, 0.29) is 29.1 Å². The zero-order valence-electron chi connectivity index (χ0n) is 15.2. The summed E-state index contributed by atoms with van der Waals surface area (Å²) in [5.41, 5.74) is 1.39. The SMILES string of the molecule is O=C(O)c1ccc(C(=O)N2CCC(C(=O)NCc3ccc(F)cc3)CC2)cc1. The Morgan fingerprint density at radius 1 is 0.964 bits per heavy atom. The number of nitrogens with zero attached hydrogens (tertiary/aromatic N) is 1. The van der Waals surface area contributed by atoms with Crippen LogP contribution in [-0.2, 0) is 11.3 Å². The van der Waals surface area contributed by atoms with Gasteiger partial charge in [0.2, 0.25) is 5.91 Å². The third-order valence-electron chi connectivity index (χ3n) is 4.91. The van der Waals surface area contributed by atoms with Crippen LogP contribution in [0.5, 0.6) is 0 Å². The zero-order chi connectivity index (χ0) is 20.1. The van der Waals surface area contributed by atoms with Crippen LogP contribution >= 0.6 is 0 Å². The Morgan fingerprint density at radius 2 is 1.54 bits per heavy atom. The molecule has 0 saturated carbocycles. The number of carboxylic acid groups (broad SMARTS) is 1. The predicted molar refractivity (Wildman–Crippen MR) is 100 cm³/mol. The van der Waals surface area contributed by atoms with Crippen LogP contribution in [0.15, 0.2) is 48.5 Å². The zero-order valence-corrected chi connectivity index (χ0v) is 15.2. The Kier molecular flexibility index (Phi) is 6.03. The van der Waals surface area contributed by atoms with E-state index in [1.54, 1.807) is 17.0 Å². The molecular formula is C21H21FN2O4. The number of benzene rings is 2. The molecule has 6 nitrogen and oxygen atoms in total. The fraction of sp³-hybridized carbons (Fsp3) is 0.286. The van der Waals surface area contributed by atoms with Gasteiger partial charge in [-0.25, -0.2) is 9.18 Å². The molecule has 28 heavy (non-hydrogen) atoms. The topological polar surface area (TPSA) is 86.7 Å². The molecule has 0 bridgehead atoms. The number of nitrogens with one attached hydrogen (secondary N) is 1. The van der Waals surface area contributed by atoms with Crippen molar-refractivity contribution in [2.75, 3.05) is 13.1 Å². The summed E-state index contributed by atoms with van der Waals surface area (Å²) in [5.74, 6) is -1.75. The maximum Gasteiger partial charge on any atom is 0.335 e. The summed E-state index contributed by atoms with van der Waals surface area (Å²) in [6.07, 6.45) is 1.13. The van der Waals surface area contributed by atoms with Gasteiger partial charge < -0.3 is 15.3 Å². The number of amides is 2. The fourth-order valence-corrected chi connectivity index (χ4v) is 3.22. The molecule has 1 saturated heterocycles. The first kappa shape index (κ1) is 19.5. The van der Waals surface area contributed by atoms with Crippen LogP contribution in [-0.4, -0.2) is 40.9 Å². The minimum Gasteiger partial charge on any atom is -0.478 e. The second-order valence-corrected chi connectivity index (χ2v) is 6.79. The van der Waals surface area contributed by atoms with Crippen LogP contribution in [0.1, 0.15) is 39.1 Å². The number of halogens is 1. The third kappa shape index (κ3) is 4.73. The van der Waals surface area contributed by atoms with Gasteiger partial charge in [0.25, 0.3) is 5.91 Å². The lowest BCUT2D eigenvalue weighted by atomic mass is 9.95. The second kappa shape index (κ2) is 8.65. The van der Waals surface area contributed by atoms with E-state index in [4.69, 9.17) is 5.11 Å². The summed E-state index contributed by atoms with van der Waals surface area (Å²) in [7, 11) is 0. The molecule has 0 atom stereocenters. The number of hydrogen-bond donors (Lipinski definition) is 2. The van der Waals surface area contributed by atoms with Crippen LogP contribution in [0.25, 0.3) is 0 Å². The summed E-state index contributed by atoms with van der Waals surface area (Å²) in [6, 6.07) is 11.8. The standard InChI is InChI=1S/C21H21FN2O4/c22-18-7-1-14(2-8-18)13-23-19(25)15-9-11-24(12-10-15)20(26)16-3-5-17(6-4-16)21(27)28/h1-8,15H,9-13H2,(H,23,25)(H,27,28). The quantitative estimate of drug-likeness (QED) is 0.830. The highest BCUT2D eigenvalue weighted by Crippen LogP contribution is 2.20. The molecule has 7 heteroatoms. The summed E-state index contributed by atoms with van der Waals surface area (Å²) in [4.78, 5) is 37.5. The number of carbonyl (C=O) groups excluding carboxylic acids is 2. The maximum absolute atomic E-state index is 12.9. The molecule has 1 aliphatic rings. The van der Waals surface area contributed by atoms with Gasteiger partial charge >= 0.3 is 5.97 Å². The van der Waals surface area contributed by atoms with Gasteiger partial charge in [-0.15, -0.1) is 0 Å². The van der Waals surface area contributed by atoms with Gasteiger partial charge in [0.15, 0.2) is 0 Å². The van der Waals surface area contributed by atoms with Crippen LogP contribution in [0.3, 0.4) is 0 Å². The molecule has 0 radical (unpaired) electrons. The summed E-state index contributed by atoms with van der Waals surface area (Å²) < 4.78 is 12.9. The van der Waals surface area contributed by atoms with E-state index in [1.807, 2.05) is 0 Å². The molecule has 0 unspecified atom stereocenters. The van der Waals surface area contributed by atoms with E-state index >= 15 is 0 Å². The average molecular weight is 384 g/mol. The molecule has 1 heterocycles. The molecule has 2 aromatic carbocycles. The van der Waals surface area contributed by atoms with Crippen molar-refractivity contribution in [3.8, 4) is 0 Å². The molecule has 3 rings (SSSR count). The van der Waals surface area contributed by atoms with Crippen molar-refractivity contribution in [3.05, 3.63) is 71.0 Å². The van der Waals surface area contributed by atoms with Gasteiger partial charge in [0, 0.05) is 31.1 Å². The Balaban J connectivity index is 1.49. The number of piperidine rings is 1. The highest BCUT2D eigenvalue weighted by molar-refractivity contribution is 5.96. The fourth-order valence-electron chi connectivity index (χ4n) is 3.22. The predicted octanol–water partition coefficient (Wildman–Crippen LogP) is 2.69. The first-order valence-corrected chi connectivity index (χ1v) is 9.09.